The lowest BCUT2D eigenvalue weighted by molar-refractivity contribution is 0.188. The van der Waals surface area contributed by atoms with E-state index in [1.807, 2.05) is 12.1 Å². The number of hydrogen-bond donors (Lipinski definition) is 0. The van der Waals surface area contributed by atoms with Gasteiger partial charge in [0.2, 0.25) is 0 Å². The Labute approximate surface area is 168 Å². The van der Waals surface area contributed by atoms with Crippen LogP contribution in [0.2, 0.25) is 5.02 Å². The molecule has 1 saturated carbocycles. The topological polar surface area (TPSA) is 12.5 Å². The van der Waals surface area contributed by atoms with Crippen molar-refractivity contribution in [2.75, 3.05) is 6.61 Å². The van der Waals surface area contributed by atoms with E-state index >= 15 is 0 Å². The van der Waals surface area contributed by atoms with Crippen molar-refractivity contribution in [3.63, 3.8) is 0 Å². The van der Waals surface area contributed by atoms with Crippen LogP contribution in [0.1, 0.15) is 88.4 Å². The van der Waals surface area contributed by atoms with Crippen LogP contribution >= 0.6 is 11.6 Å². The highest BCUT2D eigenvalue weighted by molar-refractivity contribution is 6.31. The average Bonchev–Trinajstić information content (AvgIpc) is 3.54. The molecule has 1 aromatic rings. The molecule has 1 aromatic carbocycles. The smallest absolute Gasteiger partial charge is 0.149 e. The van der Waals surface area contributed by atoms with Gasteiger partial charge in [0.1, 0.15) is 11.9 Å². The molecule has 0 aromatic heterocycles. The van der Waals surface area contributed by atoms with Crippen LogP contribution in [0.4, 0.5) is 4.39 Å². The van der Waals surface area contributed by atoms with E-state index in [-0.39, 0.29) is 16.9 Å². The van der Waals surface area contributed by atoms with Crippen molar-refractivity contribution in [3.8, 4) is 0 Å². The number of allylic oxidation sites excluding steroid dienone is 2. The van der Waals surface area contributed by atoms with Crippen LogP contribution in [0.3, 0.4) is 0 Å². The molecule has 2 fully saturated rings. The highest BCUT2D eigenvalue weighted by Crippen LogP contribution is 2.44. The van der Waals surface area contributed by atoms with Crippen molar-refractivity contribution in [1.82, 2.24) is 0 Å². The van der Waals surface area contributed by atoms with Crippen LogP contribution in [0, 0.1) is 23.6 Å². The summed E-state index contributed by atoms with van der Waals surface area (Å²) >= 11 is 6.27. The third-order valence-electron chi connectivity index (χ3n) is 7.11. The number of benzene rings is 1. The Bertz CT molecular complexity index is 686. The van der Waals surface area contributed by atoms with Crippen LogP contribution < -0.4 is 0 Å². The third kappa shape index (κ3) is 4.43. The molecule has 4 rings (SSSR count). The maximum absolute atomic E-state index is 14.8. The Morgan fingerprint density at radius 2 is 1.89 bits per heavy atom. The summed E-state index contributed by atoms with van der Waals surface area (Å²) in [7, 11) is 0. The van der Waals surface area contributed by atoms with Gasteiger partial charge in [-0.3, -0.25) is 0 Å². The summed E-state index contributed by atoms with van der Waals surface area (Å²) in [5.41, 5.74) is 2.64. The fourth-order valence-electron chi connectivity index (χ4n) is 5.26. The predicted molar refractivity (Wildman–Crippen MR) is 110 cm³/mol. The lowest BCUT2D eigenvalue weighted by atomic mass is 9.70. The van der Waals surface area contributed by atoms with Gasteiger partial charge in [0.15, 0.2) is 0 Å². The first-order chi connectivity index (χ1) is 13.2. The predicted octanol–water partition coefficient (Wildman–Crippen LogP) is 7.73. The van der Waals surface area contributed by atoms with Crippen molar-refractivity contribution in [2.24, 2.45) is 17.8 Å². The number of unbranched alkanes of at least 4 members (excludes halogenated alkanes) is 1. The van der Waals surface area contributed by atoms with Crippen molar-refractivity contribution in [2.45, 2.75) is 77.2 Å². The first-order valence-electron chi connectivity index (χ1n) is 11.0. The molecule has 1 nitrogen and oxygen atoms in total. The Morgan fingerprint density at radius 1 is 1.11 bits per heavy atom. The maximum atomic E-state index is 14.8. The lowest BCUT2D eigenvalue weighted by Crippen LogP contribution is -2.23. The molecule has 0 bridgehead atoms. The molecule has 1 heterocycles. The van der Waals surface area contributed by atoms with Gasteiger partial charge in [0, 0.05) is 11.1 Å². The van der Waals surface area contributed by atoms with Gasteiger partial charge in [-0.15, -0.1) is 0 Å². The summed E-state index contributed by atoms with van der Waals surface area (Å²) < 4.78 is 20.1. The van der Waals surface area contributed by atoms with E-state index in [4.69, 9.17) is 16.3 Å². The third-order valence-corrected chi connectivity index (χ3v) is 7.50. The standard InChI is InChI=1S/C24H32ClFO/c1-2-3-4-16-5-7-17(8-6-16)18-9-11-19(12-10-18)20-13-14-21(22-15-27-22)23(25)24(20)26/h11,13-14,16-18,22H,2-10,12,15H2,1H3. The van der Waals surface area contributed by atoms with Gasteiger partial charge in [-0.1, -0.05) is 68.8 Å². The quantitative estimate of drug-likeness (QED) is 0.452. The number of hydrogen-bond acceptors (Lipinski definition) is 1. The molecule has 0 spiro atoms. The summed E-state index contributed by atoms with van der Waals surface area (Å²) in [6.45, 7) is 2.95. The molecule has 2 atom stereocenters. The first kappa shape index (κ1) is 19.5. The van der Waals surface area contributed by atoms with E-state index in [1.54, 1.807) is 0 Å². The summed E-state index contributed by atoms with van der Waals surface area (Å²) in [4.78, 5) is 0. The monoisotopic (exact) mass is 390 g/mol. The van der Waals surface area contributed by atoms with Crippen molar-refractivity contribution in [1.29, 1.82) is 0 Å². The normalized spacial score (nSPS) is 30.9. The molecule has 1 aliphatic heterocycles. The molecule has 0 radical (unpaired) electrons. The van der Waals surface area contributed by atoms with E-state index in [1.165, 1.54) is 51.4 Å². The van der Waals surface area contributed by atoms with Crippen LogP contribution in [-0.2, 0) is 4.74 Å². The van der Waals surface area contributed by atoms with Gasteiger partial charge in [0.05, 0.1) is 11.6 Å². The van der Waals surface area contributed by atoms with Gasteiger partial charge in [-0.25, -0.2) is 4.39 Å². The van der Waals surface area contributed by atoms with Gasteiger partial charge in [0.25, 0.3) is 0 Å². The Morgan fingerprint density at radius 3 is 2.52 bits per heavy atom. The molecule has 3 heteroatoms. The largest absolute Gasteiger partial charge is 0.368 e. The second kappa shape index (κ2) is 8.66. The van der Waals surface area contributed by atoms with Crippen molar-refractivity contribution < 1.29 is 9.13 Å². The van der Waals surface area contributed by atoms with E-state index in [2.05, 4.69) is 13.0 Å². The first-order valence-corrected chi connectivity index (χ1v) is 11.3. The van der Waals surface area contributed by atoms with Gasteiger partial charge in [-0.2, -0.15) is 0 Å². The van der Waals surface area contributed by atoms with Gasteiger partial charge in [-0.05, 0) is 55.4 Å². The van der Waals surface area contributed by atoms with Gasteiger partial charge >= 0.3 is 0 Å². The summed E-state index contributed by atoms with van der Waals surface area (Å²) in [5, 5.41) is 0.253. The molecule has 2 aliphatic carbocycles. The van der Waals surface area contributed by atoms with E-state index < -0.39 is 0 Å². The highest BCUT2D eigenvalue weighted by atomic mass is 35.5. The zero-order chi connectivity index (χ0) is 18.8. The van der Waals surface area contributed by atoms with E-state index in [9.17, 15) is 4.39 Å². The number of ether oxygens (including phenoxy) is 1. The number of epoxide rings is 1. The van der Waals surface area contributed by atoms with E-state index in [0.29, 0.717) is 12.2 Å². The Balaban J connectivity index is 1.36. The maximum Gasteiger partial charge on any atom is 0.149 e. The molecule has 0 amide bonds. The molecule has 3 aliphatic rings. The summed E-state index contributed by atoms with van der Waals surface area (Å²) in [6.07, 6.45) is 15.4. The lowest BCUT2D eigenvalue weighted by Gasteiger charge is -2.35. The molecule has 2 unspecified atom stereocenters. The van der Waals surface area contributed by atoms with Crippen LogP contribution in [0.5, 0.6) is 0 Å². The minimum absolute atomic E-state index is 0.00165. The number of halogens is 2. The van der Waals surface area contributed by atoms with Crippen LogP contribution in [0.25, 0.3) is 5.57 Å². The molecule has 0 N–H and O–H groups in total. The molecular weight excluding hydrogens is 359 g/mol. The molecule has 27 heavy (non-hydrogen) atoms. The average molecular weight is 391 g/mol. The number of rotatable bonds is 6. The molecular formula is C24H32ClFO. The summed E-state index contributed by atoms with van der Waals surface area (Å²) in [6, 6.07) is 3.85. The molecule has 1 saturated heterocycles. The second-order valence-electron chi connectivity index (χ2n) is 8.84. The van der Waals surface area contributed by atoms with Crippen LogP contribution in [-0.4, -0.2) is 6.61 Å². The minimum atomic E-state index is -0.259. The SMILES string of the molecule is CCCCC1CCC(C2CC=C(c3ccc(C4CO4)c(Cl)c3F)CC2)CC1. The Kier molecular flexibility index (Phi) is 6.24. The van der Waals surface area contributed by atoms with Crippen molar-refractivity contribution in [3.05, 3.63) is 40.2 Å². The van der Waals surface area contributed by atoms with E-state index in [0.717, 1.165) is 41.7 Å². The van der Waals surface area contributed by atoms with Crippen LogP contribution in [0.15, 0.2) is 18.2 Å². The fraction of sp³-hybridized carbons (Fsp3) is 0.667. The fourth-order valence-corrected chi connectivity index (χ4v) is 5.54. The Hall–Kier alpha value is -0.860. The van der Waals surface area contributed by atoms with Crippen molar-refractivity contribution >= 4 is 17.2 Å². The highest BCUT2D eigenvalue weighted by Gasteiger charge is 2.31. The minimum Gasteiger partial charge on any atom is -0.368 e. The zero-order valence-electron chi connectivity index (χ0n) is 16.5. The zero-order valence-corrected chi connectivity index (χ0v) is 17.2. The second-order valence-corrected chi connectivity index (χ2v) is 9.22. The molecule has 148 valence electrons. The summed E-state index contributed by atoms with van der Waals surface area (Å²) in [5.74, 6) is 2.38. The van der Waals surface area contributed by atoms with Gasteiger partial charge < -0.3 is 4.74 Å².